The molecular weight excluding hydrogens is 450 g/mol. The standard InChI is InChI=1S/C22H29N3O5S2/c1-16-11-12-18(14-21(16)32(29,30)25(2)3)24-22(26)15-23-17-7-6-10-20(13-17)31(27,28)19-8-4-5-9-19/h6-7,10-14,19,23H,4-5,8-9,15H2,1-3H3,(H,24,26). The van der Waals surface area contributed by atoms with Crippen LogP contribution in [-0.2, 0) is 24.7 Å². The SMILES string of the molecule is Cc1ccc(NC(=O)CNc2cccc(S(=O)(=O)C3CCCC3)c2)cc1S(=O)(=O)N(C)C. The minimum atomic E-state index is -3.64. The highest BCUT2D eigenvalue weighted by atomic mass is 32.2. The molecule has 1 aliphatic rings. The lowest BCUT2D eigenvalue weighted by Gasteiger charge is -2.15. The summed E-state index contributed by atoms with van der Waals surface area (Å²) in [6, 6.07) is 11.2. The van der Waals surface area contributed by atoms with Gasteiger partial charge >= 0.3 is 0 Å². The number of carbonyl (C=O) groups excluding carboxylic acids is 1. The van der Waals surface area contributed by atoms with Crippen LogP contribution in [-0.4, -0.2) is 52.9 Å². The molecule has 32 heavy (non-hydrogen) atoms. The number of sulfone groups is 1. The minimum Gasteiger partial charge on any atom is -0.376 e. The van der Waals surface area contributed by atoms with Gasteiger partial charge in [0.2, 0.25) is 15.9 Å². The molecule has 0 bridgehead atoms. The van der Waals surface area contributed by atoms with E-state index in [-0.39, 0.29) is 27.5 Å². The number of rotatable bonds is 8. The van der Waals surface area contributed by atoms with Gasteiger partial charge in [0.1, 0.15) is 0 Å². The second kappa shape index (κ2) is 9.60. The summed E-state index contributed by atoms with van der Waals surface area (Å²) < 4.78 is 51.6. The van der Waals surface area contributed by atoms with Gasteiger partial charge in [0.15, 0.2) is 9.84 Å². The molecule has 0 unspecified atom stereocenters. The Labute approximate surface area is 190 Å². The number of carbonyl (C=O) groups is 1. The summed E-state index contributed by atoms with van der Waals surface area (Å²) in [7, 11) is -4.12. The van der Waals surface area contributed by atoms with E-state index in [1.165, 1.54) is 20.2 Å². The molecule has 0 spiro atoms. The molecule has 0 saturated heterocycles. The van der Waals surface area contributed by atoms with E-state index < -0.39 is 19.9 Å². The van der Waals surface area contributed by atoms with Crippen LogP contribution >= 0.6 is 0 Å². The van der Waals surface area contributed by atoms with E-state index in [0.717, 1.165) is 17.1 Å². The Kier molecular flexibility index (Phi) is 7.26. The zero-order valence-corrected chi connectivity index (χ0v) is 20.1. The molecule has 0 radical (unpaired) electrons. The first-order chi connectivity index (χ1) is 15.0. The first-order valence-corrected chi connectivity index (χ1v) is 13.4. The van der Waals surface area contributed by atoms with Crippen LogP contribution in [0.15, 0.2) is 52.3 Å². The lowest BCUT2D eigenvalue weighted by Crippen LogP contribution is -2.24. The smallest absolute Gasteiger partial charge is 0.243 e. The van der Waals surface area contributed by atoms with Gasteiger partial charge in [0, 0.05) is 25.5 Å². The number of hydrogen-bond acceptors (Lipinski definition) is 6. The van der Waals surface area contributed by atoms with Gasteiger partial charge in [-0.2, -0.15) is 0 Å². The Morgan fingerprint density at radius 2 is 1.69 bits per heavy atom. The Morgan fingerprint density at radius 1 is 1.00 bits per heavy atom. The number of amides is 1. The van der Waals surface area contributed by atoms with E-state index in [2.05, 4.69) is 10.6 Å². The second-order valence-electron chi connectivity index (χ2n) is 8.15. The van der Waals surface area contributed by atoms with Crippen LogP contribution in [0.4, 0.5) is 11.4 Å². The molecule has 1 aliphatic carbocycles. The van der Waals surface area contributed by atoms with Gasteiger partial charge in [0.25, 0.3) is 0 Å². The summed E-state index contributed by atoms with van der Waals surface area (Å²) in [6.45, 7) is 1.59. The van der Waals surface area contributed by atoms with Gasteiger partial charge < -0.3 is 10.6 Å². The molecular formula is C22H29N3O5S2. The number of anilines is 2. The Morgan fingerprint density at radius 3 is 2.34 bits per heavy atom. The maximum absolute atomic E-state index is 12.8. The Hall–Kier alpha value is -2.43. The number of benzene rings is 2. The third-order valence-electron chi connectivity index (χ3n) is 5.59. The van der Waals surface area contributed by atoms with E-state index in [0.29, 0.717) is 29.8 Å². The molecule has 0 aliphatic heterocycles. The van der Waals surface area contributed by atoms with Gasteiger partial charge in [-0.1, -0.05) is 25.0 Å². The monoisotopic (exact) mass is 479 g/mol. The molecule has 8 nitrogen and oxygen atoms in total. The molecule has 174 valence electrons. The van der Waals surface area contributed by atoms with E-state index in [1.807, 2.05) is 0 Å². The molecule has 2 N–H and O–H groups in total. The molecule has 1 fully saturated rings. The summed E-state index contributed by atoms with van der Waals surface area (Å²) in [5.74, 6) is -0.383. The predicted molar refractivity (Wildman–Crippen MR) is 125 cm³/mol. The number of aryl methyl sites for hydroxylation is 1. The number of nitrogens with one attached hydrogen (secondary N) is 2. The maximum Gasteiger partial charge on any atom is 0.243 e. The first-order valence-electron chi connectivity index (χ1n) is 10.4. The summed E-state index contributed by atoms with van der Waals surface area (Å²) in [6.07, 6.45) is 3.23. The quantitative estimate of drug-likeness (QED) is 0.602. The zero-order valence-electron chi connectivity index (χ0n) is 18.5. The topological polar surface area (TPSA) is 113 Å². The fraction of sp³-hybridized carbons (Fsp3) is 0.409. The summed E-state index contributed by atoms with van der Waals surface area (Å²) >= 11 is 0. The van der Waals surface area contributed by atoms with Crippen molar-refractivity contribution in [1.29, 1.82) is 0 Å². The third kappa shape index (κ3) is 5.31. The van der Waals surface area contributed by atoms with Gasteiger partial charge in [-0.3, -0.25) is 4.79 Å². The van der Waals surface area contributed by atoms with Gasteiger partial charge in [-0.25, -0.2) is 21.1 Å². The van der Waals surface area contributed by atoms with Crippen molar-refractivity contribution in [2.45, 2.75) is 47.6 Å². The third-order valence-corrected chi connectivity index (χ3v) is 9.80. The van der Waals surface area contributed by atoms with Crippen LogP contribution in [0.25, 0.3) is 0 Å². The molecule has 1 saturated carbocycles. The second-order valence-corrected chi connectivity index (χ2v) is 12.5. The molecule has 1 amide bonds. The highest BCUT2D eigenvalue weighted by molar-refractivity contribution is 7.92. The first kappa shape index (κ1) is 24.2. The molecule has 10 heteroatoms. The molecule has 2 aromatic rings. The van der Waals surface area contributed by atoms with Gasteiger partial charge in [-0.15, -0.1) is 0 Å². The van der Waals surface area contributed by atoms with Crippen LogP contribution in [0.2, 0.25) is 0 Å². The van der Waals surface area contributed by atoms with Crippen molar-refractivity contribution < 1.29 is 21.6 Å². The average molecular weight is 480 g/mol. The van der Waals surface area contributed by atoms with Crippen molar-refractivity contribution in [1.82, 2.24) is 4.31 Å². The summed E-state index contributed by atoms with van der Waals surface area (Å²) in [5.41, 5.74) is 1.47. The lowest BCUT2D eigenvalue weighted by atomic mass is 10.2. The van der Waals surface area contributed by atoms with E-state index >= 15 is 0 Å². The van der Waals surface area contributed by atoms with Crippen molar-refractivity contribution in [3.05, 3.63) is 48.0 Å². The molecule has 2 aromatic carbocycles. The van der Waals surface area contributed by atoms with Crippen molar-refractivity contribution in [2.75, 3.05) is 31.3 Å². The number of nitrogens with zero attached hydrogens (tertiary/aromatic N) is 1. The summed E-state index contributed by atoms with van der Waals surface area (Å²) in [5, 5.41) is 5.28. The van der Waals surface area contributed by atoms with Crippen LogP contribution in [0.5, 0.6) is 0 Å². The predicted octanol–water partition coefficient (Wildman–Crippen LogP) is 3.01. The van der Waals surface area contributed by atoms with Crippen LogP contribution in [0, 0.1) is 6.92 Å². The molecule has 3 rings (SSSR count). The molecule has 0 heterocycles. The van der Waals surface area contributed by atoms with Crippen molar-refractivity contribution in [2.24, 2.45) is 0 Å². The normalized spacial score (nSPS) is 15.1. The average Bonchev–Trinajstić information content (AvgIpc) is 3.29. The Bertz CT molecular complexity index is 1200. The highest BCUT2D eigenvalue weighted by Crippen LogP contribution is 2.30. The number of hydrogen-bond donors (Lipinski definition) is 2. The van der Waals surface area contributed by atoms with Crippen molar-refractivity contribution >= 4 is 37.1 Å². The fourth-order valence-corrected chi connectivity index (χ4v) is 6.76. The van der Waals surface area contributed by atoms with Crippen molar-refractivity contribution in [3.63, 3.8) is 0 Å². The van der Waals surface area contributed by atoms with Crippen LogP contribution in [0.3, 0.4) is 0 Å². The number of sulfonamides is 1. The van der Waals surface area contributed by atoms with E-state index in [1.54, 1.807) is 43.3 Å². The Balaban J connectivity index is 1.67. The van der Waals surface area contributed by atoms with E-state index in [9.17, 15) is 21.6 Å². The van der Waals surface area contributed by atoms with Gasteiger partial charge in [0.05, 0.1) is 21.6 Å². The summed E-state index contributed by atoms with van der Waals surface area (Å²) in [4.78, 5) is 12.8. The lowest BCUT2D eigenvalue weighted by molar-refractivity contribution is -0.114. The minimum absolute atomic E-state index is 0.101. The molecule has 0 aromatic heterocycles. The van der Waals surface area contributed by atoms with Crippen molar-refractivity contribution in [3.8, 4) is 0 Å². The largest absolute Gasteiger partial charge is 0.376 e. The van der Waals surface area contributed by atoms with Crippen LogP contribution < -0.4 is 10.6 Å². The zero-order chi connectivity index (χ0) is 23.5. The van der Waals surface area contributed by atoms with E-state index in [4.69, 9.17) is 0 Å². The van der Waals surface area contributed by atoms with Crippen LogP contribution in [0.1, 0.15) is 31.2 Å². The fourth-order valence-electron chi connectivity index (χ4n) is 3.71. The maximum atomic E-state index is 12.8. The van der Waals surface area contributed by atoms with Gasteiger partial charge in [-0.05, 0) is 55.7 Å². The highest BCUT2D eigenvalue weighted by Gasteiger charge is 2.30. The molecule has 0 atom stereocenters.